The first-order valence-electron chi connectivity index (χ1n) is 12.2. The summed E-state index contributed by atoms with van der Waals surface area (Å²) < 4.78 is 17.7. The molecular formula is C33H28O5. The molecule has 0 spiro atoms. The first kappa shape index (κ1) is 24.8. The van der Waals surface area contributed by atoms with Gasteiger partial charge in [0.1, 0.15) is 23.4 Å². The van der Waals surface area contributed by atoms with Crippen molar-refractivity contribution < 1.29 is 24.4 Å². The summed E-state index contributed by atoms with van der Waals surface area (Å²) in [6, 6.07) is 36.2. The summed E-state index contributed by atoms with van der Waals surface area (Å²) >= 11 is 0. The first-order valence-corrected chi connectivity index (χ1v) is 12.2. The lowest BCUT2D eigenvalue weighted by Crippen LogP contribution is -2.09. The van der Waals surface area contributed by atoms with Crippen molar-refractivity contribution in [2.75, 3.05) is 14.2 Å². The molecule has 0 aliphatic heterocycles. The van der Waals surface area contributed by atoms with Crippen molar-refractivity contribution in [3.63, 3.8) is 0 Å². The van der Waals surface area contributed by atoms with Crippen molar-refractivity contribution >= 4 is 0 Å². The van der Waals surface area contributed by atoms with Crippen LogP contribution < -0.4 is 14.2 Å². The molecule has 2 N–H and O–H groups in total. The third-order valence-electron chi connectivity index (χ3n) is 6.42. The van der Waals surface area contributed by atoms with Gasteiger partial charge in [-0.15, -0.1) is 0 Å². The van der Waals surface area contributed by atoms with E-state index in [-0.39, 0.29) is 17.6 Å². The third kappa shape index (κ3) is 5.00. The molecule has 0 atom stereocenters. The summed E-state index contributed by atoms with van der Waals surface area (Å²) in [5.41, 5.74) is 4.79. The van der Waals surface area contributed by atoms with E-state index >= 15 is 0 Å². The molecule has 0 saturated carbocycles. The monoisotopic (exact) mass is 504 g/mol. The highest BCUT2D eigenvalue weighted by atomic mass is 16.5. The van der Waals surface area contributed by atoms with E-state index in [1.54, 1.807) is 31.4 Å². The van der Waals surface area contributed by atoms with Gasteiger partial charge in [0.15, 0.2) is 11.5 Å². The average Bonchev–Trinajstić information content (AvgIpc) is 2.97. The van der Waals surface area contributed by atoms with Crippen molar-refractivity contribution in [2.24, 2.45) is 0 Å². The van der Waals surface area contributed by atoms with Crippen molar-refractivity contribution in [1.29, 1.82) is 0 Å². The zero-order valence-electron chi connectivity index (χ0n) is 21.2. The number of phenols is 2. The van der Waals surface area contributed by atoms with E-state index in [9.17, 15) is 10.2 Å². The second kappa shape index (κ2) is 11.0. The second-order valence-corrected chi connectivity index (χ2v) is 8.77. The Hall–Kier alpha value is -4.90. The number of aromatic hydroxyl groups is 2. The molecule has 5 heteroatoms. The van der Waals surface area contributed by atoms with Crippen LogP contribution in [-0.2, 0) is 0 Å². The van der Waals surface area contributed by atoms with E-state index in [2.05, 4.69) is 24.3 Å². The Kier molecular flexibility index (Phi) is 7.18. The molecule has 0 fully saturated rings. The minimum absolute atomic E-state index is 0.0324. The van der Waals surface area contributed by atoms with Crippen LogP contribution in [0.3, 0.4) is 0 Å². The Morgan fingerprint density at radius 1 is 0.605 bits per heavy atom. The summed E-state index contributed by atoms with van der Waals surface area (Å²) in [6.07, 6.45) is -0.268. The summed E-state index contributed by atoms with van der Waals surface area (Å²) in [5, 5.41) is 20.9. The molecule has 0 bridgehead atoms. The quantitative estimate of drug-likeness (QED) is 0.228. The van der Waals surface area contributed by atoms with E-state index in [1.807, 2.05) is 66.7 Å². The normalized spacial score (nSPS) is 10.8. The molecule has 0 unspecified atom stereocenters. The van der Waals surface area contributed by atoms with Gasteiger partial charge < -0.3 is 24.4 Å². The van der Waals surface area contributed by atoms with E-state index in [4.69, 9.17) is 14.2 Å². The lowest BCUT2D eigenvalue weighted by molar-refractivity contribution is 0.247. The molecule has 5 aromatic carbocycles. The fraction of sp³-hybridized carbons (Fsp3) is 0.0909. The van der Waals surface area contributed by atoms with Gasteiger partial charge in [0.05, 0.1) is 19.8 Å². The van der Waals surface area contributed by atoms with Crippen LogP contribution in [0.5, 0.6) is 28.7 Å². The summed E-state index contributed by atoms with van der Waals surface area (Å²) in [4.78, 5) is 0. The molecule has 0 amide bonds. The number of ether oxygens (including phenoxy) is 3. The van der Waals surface area contributed by atoms with Crippen LogP contribution in [0.2, 0.25) is 0 Å². The molecule has 38 heavy (non-hydrogen) atoms. The third-order valence-corrected chi connectivity index (χ3v) is 6.42. The van der Waals surface area contributed by atoms with Gasteiger partial charge in [-0.25, -0.2) is 0 Å². The molecule has 5 aromatic rings. The molecule has 0 heterocycles. The molecule has 190 valence electrons. The van der Waals surface area contributed by atoms with Crippen LogP contribution in [-0.4, -0.2) is 24.4 Å². The highest BCUT2D eigenvalue weighted by Gasteiger charge is 2.22. The lowest BCUT2D eigenvalue weighted by atomic mass is 9.96. The predicted octanol–water partition coefficient (Wildman–Crippen LogP) is 7.62. The zero-order valence-corrected chi connectivity index (χ0v) is 21.2. The van der Waals surface area contributed by atoms with Gasteiger partial charge in [-0.3, -0.25) is 0 Å². The number of hydrogen-bond acceptors (Lipinski definition) is 5. The van der Waals surface area contributed by atoms with Gasteiger partial charge in [0.2, 0.25) is 0 Å². The SMILES string of the molecule is COc1cc(-c2ccc(O)cc2)c(OC)c(O)c1-c1ccc(OC(c2ccccc2)c2ccccc2)cc1. The highest BCUT2D eigenvalue weighted by molar-refractivity contribution is 5.87. The molecule has 5 nitrogen and oxygen atoms in total. The molecule has 0 radical (unpaired) electrons. The Balaban J connectivity index is 1.50. The van der Waals surface area contributed by atoms with Crippen LogP contribution in [0.4, 0.5) is 0 Å². The number of rotatable bonds is 8. The topological polar surface area (TPSA) is 68.2 Å². The number of hydrogen-bond donors (Lipinski definition) is 2. The Morgan fingerprint density at radius 2 is 1.16 bits per heavy atom. The molecule has 0 saturated heterocycles. The highest BCUT2D eigenvalue weighted by Crippen LogP contribution is 2.49. The minimum atomic E-state index is -0.268. The van der Waals surface area contributed by atoms with Crippen molar-refractivity contribution in [3.05, 3.63) is 126 Å². The molecule has 0 aliphatic carbocycles. The Labute approximate surface area is 222 Å². The smallest absolute Gasteiger partial charge is 0.170 e. The average molecular weight is 505 g/mol. The maximum Gasteiger partial charge on any atom is 0.170 e. The molecule has 0 aromatic heterocycles. The van der Waals surface area contributed by atoms with Crippen LogP contribution >= 0.6 is 0 Å². The summed E-state index contributed by atoms with van der Waals surface area (Å²) in [5.74, 6) is 1.63. The maximum absolute atomic E-state index is 11.3. The van der Waals surface area contributed by atoms with Gasteiger partial charge in [-0.2, -0.15) is 0 Å². The van der Waals surface area contributed by atoms with Gasteiger partial charge in [0.25, 0.3) is 0 Å². The number of methoxy groups -OCH3 is 2. The molecule has 0 aliphatic rings. The van der Waals surface area contributed by atoms with E-state index in [1.165, 1.54) is 7.11 Å². The molecular weight excluding hydrogens is 476 g/mol. The van der Waals surface area contributed by atoms with Crippen molar-refractivity contribution in [1.82, 2.24) is 0 Å². The zero-order chi connectivity index (χ0) is 26.5. The maximum atomic E-state index is 11.3. The standard InChI is InChI=1S/C33H28O5/c1-36-29-21-28(22-13-17-26(34)18-14-22)33(37-2)31(35)30(29)23-15-19-27(20-16-23)38-32(24-9-5-3-6-10-24)25-11-7-4-8-12-25/h3-21,32,34-35H,1-2H3. The first-order chi connectivity index (χ1) is 18.6. The summed E-state index contributed by atoms with van der Waals surface area (Å²) in [6.45, 7) is 0. The van der Waals surface area contributed by atoms with E-state index in [0.29, 0.717) is 28.4 Å². The fourth-order valence-electron chi connectivity index (χ4n) is 4.55. The Morgan fingerprint density at radius 3 is 1.68 bits per heavy atom. The van der Waals surface area contributed by atoms with E-state index in [0.717, 1.165) is 22.3 Å². The van der Waals surface area contributed by atoms with Crippen LogP contribution in [0.25, 0.3) is 22.3 Å². The van der Waals surface area contributed by atoms with Crippen LogP contribution in [0, 0.1) is 0 Å². The fourth-order valence-corrected chi connectivity index (χ4v) is 4.55. The predicted molar refractivity (Wildman–Crippen MR) is 149 cm³/mol. The largest absolute Gasteiger partial charge is 0.508 e. The second-order valence-electron chi connectivity index (χ2n) is 8.77. The van der Waals surface area contributed by atoms with E-state index < -0.39 is 0 Å². The van der Waals surface area contributed by atoms with Gasteiger partial charge in [-0.1, -0.05) is 84.9 Å². The van der Waals surface area contributed by atoms with Crippen molar-refractivity contribution in [3.8, 4) is 51.0 Å². The summed E-state index contributed by atoms with van der Waals surface area (Å²) in [7, 11) is 3.08. The minimum Gasteiger partial charge on any atom is -0.508 e. The van der Waals surface area contributed by atoms with Gasteiger partial charge >= 0.3 is 0 Å². The Bertz CT molecular complexity index is 1460. The van der Waals surface area contributed by atoms with Gasteiger partial charge in [0, 0.05) is 5.56 Å². The lowest BCUT2D eigenvalue weighted by Gasteiger charge is -2.21. The van der Waals surface area contributed by atoms with Crippen LogP contribution in [0.1, 0.15) is 17.2 Å². The molecule has 5 rings (SSSR count). The number of phenolic OH excluding ortho intramolecular Hbond substituents is 2. The van der Waals surface area contributed by atoms with Gasteiger partial charge in [-0.05, 0) is 52.6 Å². The van der Waals surface area contributed by atoms with Crippen molar-refractivity contribution in [2.45, 2.75) is 6.10 Å². The van der Waals surface area contributed by atoms with Crippen LogP contribution in [0.15, 0.2) is 115 Å². The number of benzene rings is 5.